The predicted octanol–water partition coefficient (Wildman–Crippen LogP) is 3.60. The standard InChI is InChI=1S/C14H10BrNO3/c15-11-3-6-13(17)10(7-11)8-16-12-4-1-9(2-5-12)14(18)19/h1-8,17H,(H,18,19). The molecule has 0 atom stereocenters. The number of rotatable bonds is 3. The summed E-state index contributed by atoms with van der Waals surface area (Å²) in [6.07, 6.45) is 1.52. The number of benzene rings is 2. The van der Waals surface area contributed by atoms with Crippen molar-refractivity contribution in [3.8, 4) is 5.75 Å². The summed E-state index contributed by atoms with van der Waals surface area (Å²) in [5.74, 6) is -0.839. The van der Waals surface area contributed by atoms with Crippen LogP contribution in [0.3, 0.4) is 0 Å². The van der Waals surface area contributed by atoms with Crippen molar-refractivity contribution in [3.63, 3.8) is 0 Å². The van der Waals surface area contributed by atoms with Gasteiger partial charge in [0.1, 0.15) is 5.75 Å². The number of hydrogen-bond acceptors (Lipinski definition) is 3. The summed E-state index contributed by atoms with van der Waals surface area (Å²) in [6, 6.07) is 11.2. The Hall–Kier alpha value is -2.14. The molecule has 96 valence electrons. The summed E-state index contributed by atoms with van der Waals surface area (Å²) in [4.78, 5) is 14.9. The van der Waals surface area contributed by atoms with Crippen LogP contribution in [-0.4, -0.2) is 22.4 Å². The Labute approximate surface area is 118 Å². The number of aliphatic imine (C=N–C) groups is 1. The Bertz CT molecular complexity index is 636. The smallest absolute Gasteiger partial charge is 0.335 e. The zero-order chi connectivity index (χ0) is 13.8. The lowest BCUT2D eigenvalue weighted by Crippen LogP contribution is -1.94. The normalized spacial score (nSPS) is 10.8. The molecular formula is C14H10BrNO3. The summed E-state index contributed by atoms with van der Waals surface area (Å²) >= 11 is 3.31. The monoisotopic (exact) mass is 319 g/mol. The fourth-order valence-corrected chi connectivity index (χ4v) is 1.84. The van der Waals surface area contributed by atoms with Crippen LogP contribution in [0.1, 0.15) is 15.9 Å². The van der Waals surface area contributed by atoms with Crippen LogP contribution in [0.2, 0.25) is 0 Å². The van der Waals surface area contributed by atoms with E-state index in [1.54, 1.807) is 30.3 Å². The molecule has 2 rings (SSSR count). The molecule has 0 aliphatic carbocycles. The Morgan fingerprint density at radius 2 is 1.84 bits per heavy atom. The van der Waals surface area contributed by atoms with Gasteiger partial charge < -0.3 is 10.2 Å². The second-order valence-electron chi connectivity index (χ2n) is 3.81. The number of halogens is 1. The molecule has 0 spiro atoms. The van der Waals surface area contributed by atoms with E-state index in [-0.39, 0.29) is 11.3 Å². The van der Waals surface area contributed by atoms with Crippen molar-refractivity contribution in [2.45, 2.75) is 0 Å². The van der Waals surface area contributed by atoms with Crippen LogP contribution >= 0.6 is 15.9 Å². The number of aromatic hydroxyl groups is 1. The van der Waals surface area contributed by atoms with Crippen LogP contribution in [0.4, 0.5) is 5.69 Å². The van der Waals surface area contributed by atoms with Crippen LogP contribution in [0.25, 0.3) is 0 Å². The third-order valence-electron chi connectivity index (χ3n) is 2.46. The van der Waals surface area contributed by atoms with E-state index in [0.29, 0.717) is 11.3 Å². The van der Waals surface area contributed by atoms with Gasteiger partial charge >= 0.3 is 5.97 Å². The second-order valence-corrected chi connectivity index (χ2v) is 4.73. The molecule has 0 aliphatic heterocycles. The van der Waals surface area contributed by atoms with E-state index < -0.39 is 5.97 Å². The minimum Gasteiger partial charge on any atom is -0.507 e. The summed E-state index contributed by atoms with van der Waals surface area (Å²) < 4.78 is 0.841. The molecule has 0 aliphatic rings. The maximum absolute atomic E-state index is 10.7. The quantitative estimate of drug-likeness (QED) is 0.849. The van der Waals surface area contributed by atoms with Gasteiger partial charge in [0.25, 0.3) is 0 Å². The highest BCUT2D eigenvalue weighted by molar-refractivity contribution is 9.10. The fraction of sp³-hybridized carbons (Fsp3) is 0. The molecule has 0 unspecified atom stereocenters. The topological polar surface area (TPSA) is 69.9 Å². The molecule has 4 nitrogen and oxygen atoms in total. The molecular weight excluding hydrogens is 310 g/mol. The molecule has 0 amide bonds. The van der Waals surface area contributed by atoms with E-state index in [4.69, 9.17) is 5.11 Å². The maximum atomic E-state index is 10.7. The Kier molecular flexibility index (Phi) is 3.97. The van der Waals surface area contributed by atoms with Crippen LogP contribution in [0.15, 0.2) is 51.9 Å². The number of hydrogen-bond donors (Lipinski definition) is 2. The predicted molar refractivity (Wildman–Crippen MR) is 76.5 cm³/mol. The SMILES string of the molecule is O=C(O)c1ccc(N=Cc2cc(Br)ccc2O)cc1. The number of carboxylic acid groups (broad SMARTS) is 1. The summed E-state index contributed by atoms with van der Waals surface area (Å²) in [7, 11) is 0. The van der Waals surface area contributed by atoms with Crippen molar-refractivity contribution in [2.75, 3.05) is 0 Å². The second kappa shape index (κ2) is 5.67. The van der Waals surface area contributed by atoms with Crippen molar-refractivity contribution in [2.24, 2.45) is 4.99 Å². The molecule has 0 fully saturated rings. The molecule has 0 bridgehead atoms. The summed E-state index contributed by atoms with van der Waals surface area (Å²) in [5, 5.41) is 18.4. The largest absolute Gasteiger partial charge is 0.507 e. The average Bonchev–Trinajstić information content (AvgIpc) is 2.40. The summed E-state index contributed by atoms with van der Waals surface area (Å²) in [5.41, 5.74) is 1.41. The minimum atomic E-state index is -0.972. The van der Waals surface area contributed by atoms with E-state index in [1.807, 2.05) is 0 Å². The highest BCUT2D eigenvalue weighted by atomic mass is 79.9. The number of aromatic carboxylic acids is 1. The first-order valence-electron chi connectivity index (χ1n) is 5.42. The van der Waals surface area contributed by atoms with Crippen molar-refractivity contribution < 1.29 is 15.0 Å². The van der Waals surface area contributed by atoms with E-state index in [9.17, 15) is 9.90 Å². The number of nitrogens with zero attached hydrogens (tertiary/aromatic N) is 1. The molecule has 0 saturated heterocycles. The van der Waals surface area contributed by atoms with Crippen LogP contribution in [-0.2, 0) is 0 Å². The van der Waals surface area contributed by atoms with Gasteiger partial charge in [-0.25, -0.2) is 4.79 Å². The van der Waals surface area contributed by atoms with Crippen LogP contribution in [0.5, 0.6) is 5.75 Å². The van der Waals surface area contributed by atoms with Crippen LogP contribution < -0.4 is 0 Å². The zero-order valence-electron chi connectivity index (χ0n) is 9.75. The van der Waals surface area contributed by atoms with Gasteiger partial charge in [-0.05, 0) is 42.5 Å². The molecule has 19 heavy (non-hydrogen) atoms. The zero-order valence-corrected chi connectivity index (χ0v) is 11.3. The number of carboxylic acids is 1. The lowest BCUT2D eigenvalue weighted by atomic mass is 10.2. The maximum Gasteiger partial charge on any atom is 0.335 e. The minimum absolute atomic E-state index is 0.133. The van der Waals surface area contributed by atoms with Gasteiger partial charge in [-0.15, -0.1) is 0 Å². The number of carbonyl (C=O) groups is 1. The van der Waals surface area contributed by atoms with E-state index >= 15 is 0 Å². The fourth-order valence-electron chi connectivity index (χ4n) is 1.46. The van der Waals surface area contributed by atoms with Crippen molar-refractivity contribution >= 4 is 33.8 Å². The first-order chi connectivity index (χ1) is 9.06. The molecule has 0 radical (unpaired) electrons. The molecule has 0 aromatic heterocycles. The van der Waals surface area contributed by atoms with Gasteiger partial charge in [-0.3, -0.25) is 4.99 Å². The Morgan fingerprint density at radius 3 is 2.47 bits per heavy atom. The first kappa shape index (κ1) is 13.3. The molecule has 2 aromatic carbocycles. The van der Waals surface area contributed by atoms with E-state index in [2.05, 4.69) is 20.9 Å². The van der Waals surface area contributed by atoms with E-state index in [1.165, 1.54) is 18.3 Å². The molecule has 0 saturated carbocycles. The molecule has 0 heterocycles. The Balaban J connectivity index is 2.22. The lowest BCUT2D eigenvalue weighted by Gasteiger charge is -1.99. The highest BCUT2D eigenvalue weighted by Crippen LogP contribution is 2.21. The van der Waals surface area contributed by atoms with Gasteiger partial charge in [-0.1, -0.05) is 15.9 Å². The lowest BCUT2D eigenvalue weighted by molar-refractivity contribution is 0.0697. The Morgan fingerprint density at radius 1 is 1.16 bits per heavy atom. The molecule has 2 N–H and O–H groups in total. The van der Waals surface area contributed by atoms with Crippen molar-refractivity contribution in [3.05, 3.63) is 58.1 Å². The highest BCUT2D eigenvalue weighted by Gasteiger charge is 2.01. The number of phenolic OH excluding ortho intramolecular Hbond substituents is 1. The van der Waals surface area contributed by atoms with Gasteiger partial charge in [-0.2, -0.15) is 0 Å². The van der Waals surface area contributed by atoms with E-state index in [0.717, 1.165) is 4.47 Å². The third kappa shape index (κ3) is 3.42. The first-order valence-corrected chi connectivity index (χ1v) is 6.21. The number of phenols is 1. The molecule has 2 aromatic rings. The average molecular weight is 320 g/mol. The van der Waals surface area contributed by atoms with Gasteiger partial charge in [0, 0.05) is 16.3 Å². The van der Waals surface area contributed by atoms with Gasteiger partial charge in [0.05, 0.1) is 11.3 Å². The third-order valence-corrected chi connectivity index (χ3v) is 2.95. The van der Waals surface area contributed by atoms with Crippen molar-refractivity contribution in [1.82, 2.24) is 0 Å². The van der Waals surface area contributed by atoms with Crippen molar-refractivity contribution in [1.29, 1.82) is 0 Å². The van der Waals surface area contributed by atoms with Gasteiger partial charge in [0.15, 0.2) is 0 Å². The van der Waals surface area contributed by atoms with Crippen LogP contribution in [0, 0.1) is 0 Å². The van der Waals surface area contributed by atoms with Gasteiger partial charge in [0.2, 0.25) is 0 Å². The molecule has 5 heteroatoms. The summed E-state index contributed by atoms with van der Waals surface area (Å²) in [6.45, 7) is 0.